The van der Waals surface area contributed by atoms with Gasteiger partial charge in [-0.05, 0) is 24.6 Å². The van der Waals surface area contributed by atoms with Gasteiger partial charge in [0.2, 0.25) is 0 Å². The summed E-state index contributed by atoms with van der Waals surface area (Å²) < 4.78 is 16.4. The largest absolute Gasteiger partial charge is 0.497 e. The summed E-state index contributed by atoms with van der Waals surface area (Å²) in [6, 6.07) is 20.5. The number of para-hydroxylation sites is 1. The summed E-state index contributed by atoms with van der Waals surface area (Å²) in [6.45, 7) is 2.42. The Morgan fingerprint density at radius 1 is 0.893 bits per heavy atom. The van der Waals surface area contributed by atoms with Crippen LogP contribution < -0.4 is 19.5 Å². The van der Waals surface area contributed by atoms with E-state index in [0.29, 0.717) is 35.1 Å². The average molecular weight is 377 g/mol. The van der Waals surface area contributed by atoms with E-state index in [9.17, 15) is 4.79 Å². The molecule has 0 fully saturated rings. The number of methoxy groups -OCH3 is 2. The number of rotatable bonds is 7. The van der Waals surface area contributed by atoms with Gasteiger partial charge in [0.1, 0.15) is 23.9 Å². The highest BCUT2D eigenvalue weighted by molar-refractivity contribution is 6.06. The lowest BCUT2D eigenvalue weighted by molar-refractivity contribution is 0.102. The lowest BCUT2D eigenvalue weighted by Gasteiger charge is -2.13. The number of benzene rings is 3. The first-order valence-corrected chi connectivity index (χ1v) is 8.91. The minimum absolute atomic E-state index is 0.268. The minimum Gasteiger partial charge on any atom is -0.497 e. The number of carbonyl (C=O) groups is 1. The van der Waals surface area contributed by atoms with Crippen LogP contribution in [0, 0.1) is 6.92 Å². The van der Waals surface area contributed by atoms with Crippen molar-refractivity contribution in [2.24, 2.45) is 0 Å². The normalized spacial score (nSPS) is 10.2. The van der Waals surface area contributed by atoms with Crippen LogP contribution in [0.1, 0.15) is 21.5 Å². The van der Waals surface area contributed by atoms with Crippen molar-refractivity contribution in [1.82, 2.24) is 0 Å². The van der Waals surface area contributed by atoms with Gasteiger partial charge in [-0.2, -0.15) is 0 Å². The molecule has 5 heteroatoms. The highest BCUT2D eigenvalue weighted by atomic mass is 16.5. The zero-order valence-corrected chi connectivity index (χ0v) is 16.2. The van der Waals surface area contributed by atoms with E-state index in [-0.39, 0.29) is 5.91 Å². The van der Waals surface area contributed by atoms with Gasteiger partial charge in [0.15, 0.2) is 0 Å². The smallest absolute Gasteiger partial charge is 0.259 e. The van der Waals surface area contributed by atoms with Crippen LogP contribution in [0.3, 0.4) is 0 Å². The molecule has 3 rings (SSSR count). The van der Waals surface area contributed by atoms with Gasteiger partial charge in [0.05, 0.1) is 19.8 Å². The molecule has 1 N–H and O–H groups in total. The third kappa shape index (κ3) is 4.82. The first-order valence-electron chi connectivity index (χ1n) is 8.91. The maximum Gasteiger partial charge on any atom is 0.259 e. The number of hydrogen-bond donors (Lipinski definition) is 1. The molecule has 3 aromatic carbocycles. The molecule has 0 saturated carbocycles. The van der Waals surface area contributed by atoms with E-state index >= 15 is 0 Å². The molecular weight excluding hydrogens is 354 g/mol. The molecule has 0 saturated heterocycles. The van der Waals surface area contributed by atoms with Crippen molar-refractivity contribution < 1.29 is 19.0 Å². The number of carbonyl (C=O) groups excluding carboxylic acids is 1. The zero-order chi connectivity index (χ0) is 19.9. The second-order valence-electron chi connectivity index (χ2n) is 6.33. The maximum atomic E-state index is 12.8. The topological polar surface area (TPSA) is 56.8 Å². The van der Waals surface area contributed by atoms with Gasteiger partial charge in [-0.3, -0.25) is 4.79 Å². The van der Waals surface area contributed by atoms with E-state index in [1.165, 1.54) is 5.56 Å². The van der Waals surface area contributed by atoms with Gasteiger partial charge in [0, 0.05) is 23.9 Å². The van der Waals surface area contributed by atoms with Crippen molar-refractivity contribution in [2.45, 2.75) is 13.5 Å². The summed E-state index contributed by atoms with van der Waals surface area (Å²) >= 11 is 0. The Morgan fingerprint density at radius 2 is 1.61 bits per heavy atom. The van der Waals surface area contributed by atoms with E-state index < -0.39 is 0 Å². The summed E-state index contributed by atoms with van der Waals surface area (Å²) in [7, 11) is 3.13. The summed E-state index contributed by atoms with van der Waals surface area (Å²) in [4.78, 5) is 12.8. The Balaban J connectivity index is 1.77. The van der Waals surface area contributed by atoms with Crippen molar-refractivity contribution in [3.8, 4) is 17.2 Å². The van der Waals surface area contributed by atoms with Crippen LogP contribution in [0.2, 0.25) is 0 Å². The van der Waals surface area contributed by atoms with Crippen molar-refractivity contribution >= 4 is 11.6 Å². The molecule has 0 unspecified atom stereocenters. The summed E-state index contributed by atoms with van der Waals surface area (Å²) in [5, 5.41) is 2.88. The van der Waals surface area contributed by atoms with E-state index in [2.05, 4.69) is 11.4 Å². The first-order chi connectivity index (χ1) is 13.6. The molecule has 144 valence electrons. The lowest BCUT2D eigenvalue weighted by atomic mass is 10.1. The van der Waals surface area contributed by atoms with Crippen LogP contribution in [0.15, 0.2) is 66.7 Å². The molecule has 0 spiro atoms. The summed E-state index contributed by atoms with van der Waals surface area (Å²) in [5.41, 5.74) is 3.25. The van der Waals surface area contributed by atoms with Crippen LogP contribution in [0.4, 0.5) is 5.69 Å². The molecule has 0 heterocycles. The number of nitrogens with one attached hydrogen (secondary N) is 1. The number of anilines is 1. The van der Waals surface area contributed by atoms with Gasteiger partial charge >= 0.3 is 0 Å². The molecule has 28 heavy (non-hydrogen) atoms. The summed E-state index contributed by atoms with van der Waals surface area (Å²) in [5.74, 6) is 1.45. The molecule has 0 bridgehead atoms. The van der Waals surface area contributed by atoms with Crippen molar-refractivity contribution in [1.29, 1.82) is 0 Å². The summed E-state index contributed by atoms with van der Waals surface area (Å²) in [6.07, 6.45) is 0. The van der Waals surface area contributed by atoms with Gasteiger partial charge in [-0.15, -0.1) is 0 Å². The van der Waals surface area contributed by atoms with Crippen LogP contribution in [-0.4, -0.2) is 20.1 Å². The molecule has 5 nitrogen and oxygen atoms in total. The first kappa shape index (κ1) is 19.3. The molecule has 0 aromatic heterocycles. The van der Waals surface area contributed by atoms with Crippen molar-refractivity contribution in [3.63, 3.8) is 0 Å². The molecule has 0 aliphatic rings. The highest BCUT2D eigenvalue weighted by Crippen LogP contribution is 2.27. The molecule has 1 amide bonds. The minimum atomic E-state index is -0.268. The van der Waals surface area contributed by atoms with Crippen LogP contribution in [-0.2, 0) is 6.61 Å². The van der Waals surface area contributed by atoms with Gasteiger partial charge in [-0.1, -0.05) is 42.0 Å². The van der Waals surface area contributed by atoms with E-state index in [1.807, 2.05) is 31.2 Å². The third-order valence-electron chi connectivity index (χ3n) is 4.22. The van der Waals surface area contributed by atoms with Gasteiger partial charge in [-0.25, -0.2) is 0 Å². The Hall–Kier alpha value is -3.47. The van der Waals surface area contributed by atoms with Crippen LogP contribution >= 0.6 is 0 Å². The SMILES string of the molecule is COc1cc(NC(=O)c2ccccc2OCc2cccc(C)c2)cc(OC)c1. The van der Waals surface area contributed by atoms with E-state index in [1.54, 1.807) is 50.6 Å². The van der Waals surface area contributed by atoms with Crippen molar-refractivity contribution in [2.75, 3.05) is 19.5 Å². The molecule has 0 aliphatic carbocycles. The molecule has 0 radical (unpaired) electrons. The van der Waals surface area contributed by atoms with Crippen molar-refractivity contribution in [3.05, 3.63) is 83.4 Å². The fourth-order valence-electron chi connectivity index (χ4n) is 2.82. The number of aryl methyl sites for hydroxylation is 1. The quantitative estimate of drug-likeness (QED) is 0.640. The highest BCUT2D eigenvalue weighted by Gasteiger charge is 2.14. The Labute approximate surface area is 164 Å². The lowest BCUT2D eigenvalue weighted by Crippen LogP contribution is -2.14. The fourth-order valence-corrected chi connectivity index (χ4v) is 2.82. The van der Waals surface area contributed by atoms with Gasteiger partial charge in [0.25, 0.3) is 5.91 Å². The second kappa shape index (κ2) is 8.95. The predicted molar refractivity (Wildman–Crippen MR) is 109 cm³/mol. The van der Waals surface area contributed by atoms with E-state index in [0.717, 1.165) is 5.56 Å². The van der Waals surface area contributed by atoms with Crippen LogP contribution in [0.5, 0.6) is 17.2 Å². The van der Waals surface area contributed by atoms with Gasteiger partial charge < -0.3 is 19.5 Å². The standard InChI is InChI=1S/C23H23NO4/c1-16-7-6-8-17(11-16)15-28-22-10-5-4-9-21(22)23(25)24-18-12-19(26-2)14-20(13-18)27-3/h4-14H,15H2,1-3H3,(H,24,25). The Bertz CT molecular complexity index is 946. The maximum absolute atomic E-state index is 12.8. The predicted octanol–water partition coefficient (Wildman–Crippen LogP) is 4.84. The second-order valence-corrected chi connectivity index (χ2v) is 6.33. The molecule has 0 aliphatic heterocycles. The zero-order valence-electron chi connectivity index (χ0n) is 16.2. The molecule has 0 atom stereocenters. The fraction of sp³-hybridized carbons (Fsp3) is 0.174. The van der Waals surface area contributed by atoms with E-state index in [4.69, 9.17) is 14.2 Å². The Kier molecular flexibility index (Phi) is 6.17. The number of amides is 1. The number of ether oxygens (including phenoxy) is 3. The Morgan fingerprint density at radius 3 is 2.29 bits per heavy atom. The molecular formula is C23H23NO4. The third-order valence-corrected chi connectivity index (χ3v) is 4.22. The molecule has 3 aromatic rings. The number of hydrogen-bond acceptors (Lipinski definition) is 4. The average Bonchev–Trinajstić information content (AvgIpc) is 2.72. The van der Waals surface area contributed by atoms with Crippen LogP contribution in [0.25, 0.3) is 0 Å². The monoisotopic (exact) mass is 377 g/mol.